The maximum atomic E-state index is 11.1. The lowest BCUT2D eigenvalue weighted by atomic mass is 9.64. The van der Waals surface area contributed by atoms with Gasteiger partial charge in [-0.3, -0.25) is 4.18 Å². The third-order valence-corrected chi connectivity index (χ3v) is 6.33. The summed E-state index contributed by atoms with van der Waals surface area (Å²) >= 11 is 6.03. The van der Waals surface area contributed by atoms with Gasteiger partial charge in [0, 0.05) is 17.0 Å². The van der Waals surface area contributed by atoms with Gasteiger partial charge in [0.15, 0.2) is 0 Å². The number of benzene rings is 1. The number of halogens is 1. The molecule has 2 aliphatic rings. The SMILES string of the molecule is CS(=O)(=O)OCC1CCN(CC2(c3ccc(Cl)cc3)CCC2)CC1. The molecule has 3 rings (SSSR count). The van der Waals surface area contributed by atoms with Crippen LogP contribution in [0.2, 0.25) is 5.02 Å². The fourth-order valence-electron chi connectivity index (χ4n) is 3.90. The minimum atomic E-state index is -3.32. The van der Waals surface area contributed by atoms with Crippen LogP contribution < -0.4 is 0 Å². The van der Waals surface area contributed by atoms with E-state index < -0.39 is 10.1 Å². The zero-order valence-electron chi connectivity index (χ0n) is 14.2. The average Bonchev–Trinajstić information content (AvgIpc) is 2.50. The monoisotopic (exact) mass is 371 g/mol. The van der Waals surface area contributed by atoms with Crippen molar-refractivity contribution in [2.24, 2.45) is 5.92 Å². The largest absolute Gasteiger partial charge is 0.302 e. The molecule has 1 saturated heterocycles. The second kappa shape index (κ2) is 7.32. The van der Waals surface area contributed by atoms with Crippen LogP contribution in [0, 0.1) is 5.92 Å². The fourth-order valence-corrected chi connectivity index (χ4v) is 4.47. The Balaban J connectivity index is 1.54. The zero-order chi connectivity index (χ0) is 17.2. The second-order valence-electron chi connectivity index (χ2n) is 7.35. The molecule has 0 radical (unpaired) electrons. The van der Waals surface area contributed by atoms with Gasteiger partial charge in [0.2, 0.25) is 0 Å². The third kappa shape index (κ3) is 4.51. The van der Waals surface area contributed by atoms with E-state index in [4.69, 9.17) is 15.8 Å². The summed E-state index contributed by atoms with van der Waals surface area (Å²) in [5, 5.41) is 0.792. The van der Waals surface area contributed by atoms with Gasteiger partial charge in [0.25, 0.3) is 10.1 Å². The molecule has 1 aromatic carbocycles. The molecule has 1 aliphatic heterocycles. The Bertz CT molecular complexity index is 647. The number of hydrogen-bond acceptors (Lipinski definition) is 4. The van der Waals surface area contributed by atoms with Crippen molar-refractivity contribution in [1.29, 1.82) is 0 Å². The smallest absolute Gasteiger partial charge is 0.264 e. The van der Waals surface area contributed by atoms with Crippen molar-refractivity contribution in [3.05, 3.63) is 34.9 Å². The first kappa shape index (κ1) is 18.2. The lowest BCUT2D eigenvalue weighted by Crippen LogP contribution is -2.48. The Morgan fingerprint density at radius 3 is 2.33 bits per heavy atom. The molecular formula is C18H26ClNO3S. The van der Waals surface area contributed by atoms with Gasteiger partial charge < -0.3 is 4.90 Å². The molecule has 0 N–H and O–H groups in total. The van der Waals surface area contributed by atoms with Crippen LogP contribution in [0.3, 0.4) is 0 Å². The minimum absolute atomic E-state index is 0.278. The Kier molecular flexibility index (Phi) is 5.55. The van der Waals surface area contributed by atoms with E-state index in [9.17, 15) is 8.42 Å². The molecule has 0 spiro atoms. The van der Waals surface area contributed by atoms with E-state index in [1.54, 1.807) is 0 Å². The first-order valence-corrected chi connectivity index (χ1v) is 10.9. The molecule has 134 valence electrons. The Labute approximate surface area is 150 Å². The summed E-state index contributed by atoms with van der Waals surface area (Å²) in [5.41, 5.74) is 1.68. The fraction of sp³-hybridized carbons (Fsp3) is 0.667. The summed E-state index contributed by atoms with van der Waals surface area (Å²) in [4.78, 5) is 2.53. The minimum Gasteiger partial charge on any atom is -0.302 e. The number of piperidine rings is 1. The molecule has 24 heavy (non-hydrogen) atoms. The van der Waals surface area contributed by atoms with Gasteiger partial charge in [-0.1, -0.05) is 30.2 Å². The molecule has 1 aromatic rings. The molecule has 0 aromatic heterocycles. The van der Waals surface area contributed by atoms with Gasteiger partial charge in [0.1, 0.15) is 0 Å². The predicted octanol–water partition coefficient (Wildman–Crippen LogP) is 3.45. The highest BCUT2D eigenvalue weighted by atomic mass is 35.5. The van der Waals surface area contributed by atoms with Gasteiger partial charge in [0.05, 0.1) is 12.9 Å². The van der Waals surface area contributed by atoms with Gasteiger partial charge in [-0.15, -0.1) is 0 Å². The maximum Gasteiger partial charge on any atom is 0.264 e. The van der Waals surface area contributed by atoms with Crippen LogP contribution >= 0.6 is 11.6 Å². The molecule has 1 aliphatic carbocycles. The topological polar surface area (TPSA) is 46.6 Å². The second-order valence-corrected chi connectivity index (χ2v) is 9.43. The molecule has 2 fully saturated rings. The van der Waals surface area contributed by atoms with Crippen LogP contribution in [-0.2, 0) is 19.7 Å². The van der Waals surface area contributed by atoms with Crippen molar-refractivity contribution in [2.45, 2.75) is 37.5 Å². The Hall–Kier alpha value is -0.620. The molecule has 6 heteroatoms. The standard InChI is InChI=1S/C18H26ClNO3S/c1-24(21,22)23-13-15-7-11-20(12-8-15)14-18(9-2-10-18)16-3-5-17(19)6-4-16/h3-6,15H,2,7-14H2,1H3. The van der Waals surface area contributed by atoms with Gasteiger partial charge >= 0.3 is 0 Å². The summed E-state index contributed by atoms with van der Waals surface area (Å²) < 4.78 is 27.2. The van der Waals surface area contributed by atoms with Crippen LogP contribution in [0.25, 0.3) is 0 Å². The van der Waals surface area contributed by atoms with Gasteiger partial charge in [-0.2, -0.15) is 8.42 Å². The number of hydrogen-bond donors (Lipinski definition) is 0. The average molecular weight is 372 g/mol. The molecule has 0 bridgehead atoms. The van der Waals surface area contributed by atoms with Crippen molar-refractivity contribution in [3.8, 4) is 0 Å². The quantitative estimate of drug-likeness (QED) is 0.718. The first-order valence-electron chi connectivity index (χ1n) is 8.69. The van der Waals surface area contributed by atoms with E-state index in [1.165, 1.54) is 24.8 Å². The highest BCUT2D eigenvalue weighted by molar-refractivity contribution is 7.85. The summed E-state index contributed by atoms with van der Waals surface area (Å²) in [7, 11) is -3.32. The van der Waals surface area contributed by atoms with Gasteiger partial charge in [-0.05, 0) is 62.4 Å². The first-order chi connectivity index (χ1) is 11.4. The van der Waals surface area contributed by atoms with E-state index in [-0.39, 0.29) is 5.41 Å². The Morgan fingerprint density at radius 1 is 1.21 bits per heavy atom. The van der Waals surface area contributed by atoms with E-state index in [0.717, 1.165) is 43.8 Å². The lowest BCUT2D eigenvalue weighted by Gasteiger charge is -2.47. The highest BCUT2D eigenvalue weighted by Crippen LogP contribution is 2.45. The third-order valence-electron chi connectivity index (χ3n) is 5.52. The van der Waals surface area contributed by atoms with E-state index in [1.807, 2.05) is 12.1 Å². The summed E-state index contributed by atoms with van der Waals surface area (Å²) in [6.45, 7) is 3.46. The highest BCUT2D eigenvalue weighted by Gasteiger charge is 2.40. The zero-order valence-corrected chi connectivity index (χ0v) is 15.8. The summed E-state index contributed by atoms with van der Waals surface area (Å²) in [6.07, 6.45) is 6.91. The van der Waals surface area contributed by atoms with E-state index in [0.29, 0.717) is 12.5 Å². The van der Waals surface area contributed by atoms with Crippen molar-refractivity contribution in [1.82, 2.24) is 4.90 Å². The van der Waals surface area contributed by atoms with Crippen molar-refractivity contribution < 1.29 is 12.6 Å². The molecular weight excluding hydrogens is 346 g/mol. The van der Waals surface area contributed by atoms with E-state index in [2.05, 4.69) is 17.0 Å². The van der Waals surface area contributed by atoms with Crippen molar-refractivity contribution >= 4 is 21.7 Å². The number of rotatable bonds is 6. The Morgan fingerprint density at radius 2 is 1.83 bits per heavy atom. The number of likely N-dealkylation sites (tertiary alicyclic amines) is 1. The summed E-state index contributed by atoms with van der Waals surface area (Å²) in [6, 6.07) is 8.33. The van der Waals surface area contributed by atoms with Crippen LogP contribution in [0.1, 0.15) is 37.7 Å². The summed E-state index contributed by atoms with van der Waals surface area (Å²) in [5.74, 6) is 0.351. The van der Waals surface area contributed by atoms with Crippen LogP contribution in [0.4, 0.5) is 0 Å². The van der Waals surface area contributed by atoms with Crippen molar-refractivity contribution in [2.75, 3.05) is 32.5 Å². The normalized spacial score (nSPS) is 22.2. The van der Waals surface area contributed by atoms with Gasteiger partial charge in [-0.25, -0.2) is 0 Å². The molecule has 0 unspecified atom stereocenters. The molecule has 4 nitrogen and oxygen atoms in total. The maximum absolute atomic E-state index is 11.1. The lowest BCUT2D eigenvalue weighted by molar-refractivity contribution is 0.0922. The van der Waals surface area contributed by atoms with Crippen LogP contribution in [0.5, 0.6) is 0 Å². The van der Waals surface area contributed by atoms with Crippen LogP contribution in [0.15, 0.2) is 24.3 Å². The molecule has 0 amide bonds. The van der Waals surface area contributed by atoms with Crippen LogP contribution in [-0.4, -0.2) is 45.8 Å². The molecule has 1 saturated carbocycles. The molecule has 0 atom stereocenters. The molecule has 1 heterocycles. The van der Waals surface area contributed by atoms with E-state index >= 15 is 0 Å². The predicted molar refractivity (Wildman–Crippen MR) is 96.9 cm³/mol. The van der Waals surface area contributed by atoms with Crippen molar-refractivity contribution in [3.63, 3.8) is 0 Å². The number of nitrogens with zero attached hydrogens (tertiary/aromatic N) is 1.